The van der Waals surface area contributed by atoms with Gasteiger partial charge in [-0.3, -0.25) is 19.2 Å². The maximum Gasteiger partial charge on any atom is 0.303 e. The quantitative estimate of drug-likeness (QED) is 0.0958. The fraction of sp³-hybridized carbons (Fsp3) is 0.789. The van der Waals surface area contributed by atoms with E-state index in [0.717, 1.165) is 6.08 Å². The summed E-state index contributed by atoms with van der Waals surface area (Å²) in [6.07, 6.45) is -6.03. The molecule has 14 unspecified atom stereocenters. The zero-order valence-electron chi connectivity index (χ0n) is 31.2. The predicted molar refractivity (Wildman–Crippen MR) is 182 cm³/mol. The van der Waals surface area contributed by atoms with E-state index in [9.17, 15) is 54.9 Å². The first-order valence-corrected chi connectivity index (χ1v) is 18.1. The molecule has 7 N–H and O–H groups in total. The summed E-state index contributed by atoms with van der Waals surface area (Å²) in [6, 6.07) is 0. The van der Waals surface area contributed by atoms with Crippen molar-refractivity contribution in [3.05, 3.63) is 23.8 Å². The largest absolute Gasteiger partial charge is 0.456 e. The number of esters is 1. The van der Waals surface area contributed by atoms with Crippen molar-refractivity contribution in [2.75, 3.05) is 13.2 Å². The van der Waals surface area contributed by atoms with E-state index >= 15 is 0 Å². The highest BCUT2D eigenvalue weighted by Gasteiger charge is 2.75. The topological polar surface area (TPSA) is 238 Å². The van der Waals surface area contributed by atoms with Crippen molar-refractivity contribution in [2.24, 2.45) is 39.4 Å². The molecular formula is C38H56O14. The highest BCUT2D eigenvalue weighted by molar-refractivity contribution is 5.98. The summed E-state index contributed by atoms with van der Waals surface area (Å²) in [6.45, 7) is 11.5. The molecule has 52 heavy (non-hydrogen) atoms. The van der Waals surface area contributed by atoms with Gasteiger partial charge in [0.25, 0.3) is 0 Å². The van der Waals surface area contributed by atoms with Gasteiger partial charge in [-0.25, -0.2) is 0 Å². The average molecular weight is 737 g/mol. The monoisotopic (exact) mass is 736 g/mol. The van der Waals surface area contributed by atoms with Crippen LogP contribution in [-0.4, -0.2) is 126 Å². The lowest BCUT2D eigenvalue weighted by Crippen LogP contribution is -2.67. The average Bonchev–Trinajstić information content (AvgIpc) is 3.25. The third kappa shape index (κ3) is 5.97. The number of aliphatic hydroxyl groups excluding tert-OH is 6. The molecule has 0 aromatic carbocycles. The third-order valence-corrected chi connectivity index (χ3v) is 13.7. The van der Waals surface area contributed by atoms with E-state index in [1.165, 1.54) is 19.9 Å². The number of rotatable bonds is 9. The maximum atomic E-state index is 14.9. The normalized spacial score (nSPS) is 44.3. The highest BCUT2D eigenvalue weighted by Crippen LogP contribution is 2.74. The molecular weight excluding hydrogens is 680 g/mol. The van der Waals surface area contributed by atoms with Gasteiger partial charge < -0.3 is 50.0 Å². The summed E-state index contributed by atoms with van der Waals surface area (Å²) in [7, 11) is 0. The van der Waals surface area contributed by atoms with E-state index in [4.69, 9.17) is 14.2 Å². The number of ether oxygens (including phenoxy) is 3. The summed E-state index contributed by atoms with van der Waals surface area (Å²) in [5.74, 6) is -4.46. The molecule has 292 valence electrons. The molecule has 1 aliphatic heterocycles. The molecule has 3 saturated carbocycles. The molecule has 0 aromatic heterocycles. The predicted octanol–water partition coefficient (Wildman–Crippen LogP) is 0.296. The smallest absolute Gasteiger partial charge is 0.303 e. The number of hydrogen-bond acceptors (Lipinski definition) is 14. The summed E-state index contributed by atoms with van der Waals surface area (Å²) < 4.78 is 16.8. The number of allylic oxidation sites excluding steroid dienone is 2. The van der Waals surface area contributed by atoms with Gasteiger partial charge in [-0.1, -0.05) is 25.5 Å². The molecule has 0 amide bonds. The Morgan fingerprint density at radius 2 is 1.63 bits per heavy atom. The van der Waals surface area contributed by atoms with Crippen LogP contribution < -0.4 is 0 Å². The molecule has 4 fully saturated rings. The zero-order valence-corrected chi connectivity index (χ0v) is 31.2. The molecule has 4 aliphatic carbocycles. The minimum Gasteiger partial charge on any atom is -0.456 e. The Hall–Kier alpha value is -2.40. The molecule has 14 atom stereocenters. The van der Waals surface area contributed by atoms with E-state index in [2.05, 4.69) is 0 Å². The van der Waals surface area contributed by atoms with Crippen molar-refractivity contribution in [1.29, 1.82) is 0 Å². The van der Waals surface area contributed by atoms with E-state index in [0.29, 0.717) is 5.57 Å². The Morgan fingerprint density at radius 3 is 2.21 bits per heavy atom. The Morgan fingerprint density at radius 1 is 1.00 bits per heavy atom. The molecule has 0 spiro atoms. The fourth-order valence-corrected chi connectivity index (χ4v) is 10.9. The van der Waals surface area contributed by atoms with Crippen molar-refractivity contribution >= 4 is 23.3 Å². The molecule has 0 radical (unpaired) electrons. The van der Waals surface area contributed by atoms with Crippen LogP contribution in [-0.2, 0) is 33.4 Å². The molecule has 1 heterocycles. The zero-order chi connectivity index (χ0) is 39.1. The summed E-state index contributed by atoms with van der Waals surface area (Å²) >= 11 is 0. The van der Waals surface area contributed by atoms with Crippen LogP contribution in [0.4, 0.5) is 0 Å². The Kier molecular flexibility index (Phi) is 10.5. The van der Waals surface area contributed by atoms with Crippen LogP contribution in [0, 0.1) is 39.4 Å². The van der Waals surface area contributed by atoms with Gasteiger partial charge in [-0.15, -0.1) is 0 Å². The van der Waals surface area contributed by atoms with Gasteiger partial charge in [0.05, 0.1) is 24.7 Å². The molecule has 0 bridgehead atoms. The molecule has 5 rings (SSSR count). The van der Waals surface area contributed by atoms with Crippen molar-refractivity contribution in [3.8, 4) is 0 Å². The minimum atomic E-state index is -2.15. The fourth-order valence-electron chi connectivity index (χ4n) is 10.9. The molecule has 1 saturated heterocycles. The Bertz CT molecular complexity index is 1530. The lowest BCUT2D eigenvalue weighted by Gasteiger charge is -2.65. The molecule has 0 aromatic rings. The van der Waals surface area contributed by atoms with Crippen molar-refractivity contribution in [1.82, 2.24) is 0 Å². The molecule has 5 aliphatic rings. The number of aliphatic hydroxyl groups is 7. The molecule has 14 heteroatoms. The second-order valence-corrected chi connectivity index (χ2v) is 17.5. The van der Waals surface area contributed by atoms with Crippen LogP contribution >= 0.6 is 0 Å². The second-order valence-electron chi connectivity index (χ2n) is 17.5. The van der Waals surface area contributed by atoms with E-state index < -0.39 is 118 Å². The van der Waals surface area contributed by atoms with Crippen LogP contribution in [0.5, 0.6) is 0 Å². The first-order chi connectivity index (χ1) is 23.9. The first-order valence-electron chi connectivity index (χ1n) is 18.1. The van der Waals surface area contributed by atoms with Gasteiger partial charge in [0.15, 0.2) is 17.9 Å². The minimum absolute atomic E-state index is 0.0934. The SMILES string of the molecule is CC(=O)OC(C)(C)C=CC(=O)C(C)(O)C1C(O)CC2(C)C3CC=C4C(CC(OC5OC(CO)C(O)C(O)C5O)C(=O)C4(C)C)C3(CO)C(=O)CC12C. The Balaban J connectivity index is 1.51. The van der Waals surface area contributed by atoms with Gasteiger partial charge >= 0.3 is 5.97 Å². The number of carbonyl (C=O) groups excluding carboxylic acids is 4. The highest BCUT2D eigenvalue weighted by atomic mass is 16.7. The number of hydrogen-bond donors (Lipinski definition) is 7. The summed E-state index contributed by atoms with van der Waals surface area (Å²) in [4.78, 5) is 54.1. The lowest BCUT2D eigenvalue weighted by molar-refractivity contribution is -0.311. The van der Waals surface area contributed by atoms with Crippen LogP contribution in [0.3, 0.4) is 0 Å². The standard InChI is InChI=1S/C38H56O14/c1-18(41)52-33(2,3)12-11-25(43)37(8,49)30-21(42)14-35(6)24-10-9-19-20(38(24,17-40)26(44)15-36(30,35)7)13-22(31(48)34(19,4)5)50-32-29(47)28(46)27(45)23(16-39)51-32/h9,11-12,20-24,27-30,32,39-40,42,45-47,49H,10,13-17H2,1-8H3. The van der Waals surface area contributed by atoms with Gasteiger partial charge in [0, 0.05) is 24.7 Å². The van der Waals surface area contributed by atoms with E-state index in [1.54, 1.807) is 34.6 Å². The van der Waals surface area contributed by atoms with Crippen LogP contribution in [0.2, 0.25) is 0 Å². The number of ketones is 3. The lowest BCUT2D eigenvalue weighted by atomic mass is 9.38. The van der Waals surface area contributed by atoms with Crippen molar-refractivity contribution in [2.45, 2.75) is 135 Å². The van der Waals surface area contributed by atoms with Crippen molar-refractivity contribution in [3.63, 3.8) is 0 Å². The van der Waals surface area contributed by atoms with Crippen LogP contribution in [0.15, 0.2) is 23.8 Å². The summed E-state index contributed by atoms with van der Waals surface area (Å²) in [5, 5.41) is 76.1. The first kappa shape index (κ1) is 40.8. The van der Waals surface area contributed by atoms with E-state index in [1.807, 2.05) is 13.0 Å². The Labute approximate surface area is 303 Å². The van der Waals surface area contributed by atoms with Gasteiger partial charge in [0.2, 0.25) is 0 Å². The third-order valence-electron chi connectivity index (χ3n) is 13.7. The number of carbonyl (C=O) groups is 4. The molecule has 14 nitrogen and oxygen atoms in total. The number of fused-ring (bicyclic) bond motifs is 5. The van der Waals surface area contributed by atoms with E-state index in [-0.39, 0.29) is 37.2 Å². The van der Waals surface area contributed by atoms with Gasteiger partial charge in [-0.05, 0) is 88.7 Å². The van der Waals surface area contributed by atoms with Crippen LogP contribution in [0.25, 0.3) is 0 Å². The van der Waals surface area contributed by atoms with Gasteiger partial charge in [-0.2, -0.15) is 0 Å². The van der Waals surface area contributed by atoms with Crippen LogP contribution in [0.1, 0.15) is 81.1 Å². The number of Topliss-reactive ketones (excluding diaryl/α,β-unsaturated/α-hetero) is 2. The summed E-state index contributed by atoms with van der Waals surface area (Å²) in [5.41, 5.74) is -7.36. The maximum absolute atomic E-state index is 14.9. The second kappa shape index (κ2) is 13.4. The van der Waals surface area contributed by atoms with Crippen molar-refractivity contribution < 1.29 is 69.1 Å². The van der Waals surface area contributed by atoms with Gasteiger partial charge in [0.1, 0.15) is 47.5 Å².